The highest BCUT2D eigenvalue weighted by atomic mass is 16.5. The molecule has 0 bridgehead atoms. The second-order valence-electron chi connectivity index (χ2n) is 26.3. The number of hydrogen-bond acceptors (Lipinski definition) is 3. The van der Waals surface area contributed by atoms with Crippen LogP contribution in [0.3, 0.4) is 0 Å². The highest BCUT2D eigenvalue weighted by molar-refractivity contribution is 6.91. The van der Waals surface area contributed by atoms with Crippen molar-refractivity contribution in [1.29, 1.82) is 0 Å². The van der Waals surface area contributed by atoms with E-state index in [2.05, 4.69) is 237 Å². The average Bonchev–Trinajstić information content (AvgIpc) is 3.62. The number of nitrogens with zero attached hydrogens (tertiary/aromatic N) is 2. The van der Waals surface area contributed by atoms with Crippen LogP contribution in [0, 0.1) is 6.92 Å². The molecule has 10 rings (SSSR count). The Morgan fingerprint density at radius 1 is 0.522 bits per heavy atom. The Labute approximate surface area is 404 Å². The summed E-state index contributed by atoms with van der Waals surface area (Å²) in [5.41, 5.74) is 22.4. The average molecular weight is 887 g/mol. The molecule has 67 heavy (non-hydrogen) atoms. The molecule has 3 nitrogen and oxygen atoms in total. The summed E-state index contributed by atoms with van der Waals surface area (Å²) in [5, 5.41) is 0. The van der Waals surface area contributed by atoms with Crippen LogP contribution in [0.4, 0.5) is 28.4 Å². The van der Waals surface area contributed by atoms with Gasteiger partial charge in [-0.05, 0) is 162 Å². The maximum absolute atomic E-state index is 7.52. The lowest BCUT2D eigenvalue weighted by molar-refractivity contribution is 0.282. The Hall–Kier alpha value is -5.22. The van der Waals surface area contributed by atoms with Gasteiger partial charge in [0.05, 0.1) is 11.7 Å². The summed E-state index contributed by atoms with van der Waals surface area (Å²) in [7, 11) is 0. The van der Waals surface area contributed by atoms with Crippen LogP contribution in [0.5, 0.6) is 5.75 Å². The van der Waals surface area contributed by atoms with Crippen molar-refractivity contribution < 1.29 is 4.74 Å². The highest BCUT2D eigenvalue weighted by Gasteiger charge is 2.56. The van der Waals surface area contributed by atoms with Gasteiger partial charge in [-0.25, -0.2) is 0 Å². The van der Waals surface area contributed by atoms with Gasteiger partial charge < -0.3 is 14.5 Å². The third-order valence-electron chi connectivity index (χ3n) is 16.2. The molecule has 6 aromatic carbocycles. The fraction of sp³-hybridized carbons (Fsp3) is 0.429. The zero-order valence-corrected chi connectivity index (χ0v) is 43.8. The summed E-state index contributed by atoms with van der Waals surface area (Å²) in [4.78, 5) is 5.36. The summed E-state index contributed by atoms with van der Waals surface area (Å²) < 4.78 is 7.52. The van der Waals surface area contributed by atoms with Crippen LogP contribution in [-0.4, -0.2) is 12.7 Å². The predicted molar refractivity (Wildman–Crippen MR) is 289 cm³/mol. The number of fused-ring (bicyclic) bond motifs is 7. The molecule has 0 N–H and O–H groups in total. The Balaban J connectivity index is 1.29. The van der Waals surface area contributed by atoms with Crippen molar-refractivity contribution in [1.82, 2.24) is 0 Å². The maximum Gasteiger partial charge on any atom is 0.267 e. The SMILES string of the molecule is Cc1cc2c3c(c1)N(c1ccc4c(c1)C(C)(C)CCC4(C)C)C1c4cc(C(C)(C)C)ccc4OC1B3c1ccc(C(C)(C)C)cc1N2c1ccc(C(C)(C)C)cc1-c1ccc(C(C)(C)C)cc1. The highest BCUT2D eigenvalue weighted by Crippen LogP contribution is 2.56. The zero-order valence-electron chi connectivity index (χ0n) is 43.8. The first-order valence-corrected chi connectivity index (χ1v) is 25.2. The molecule has 2 unspecified atom stereocenters. The van der Waals surface area contributed by atoms with Crippen molar-refractivity contribution in [2.75, 3.05) is 9.80 Å². The van der Waals surface area contributed by atoms with E-state index in [1.54, 1.807) is 0 Å². The van der Waals surface area contributed by atoms with Gasteiger partial charge in [0.15, 0.2) is 0 Å². The minimum absolute atomic E-state index is 0.00558. The van der Waals surface area contributed by atoms with Crippen molar-refractivity contribution in [3.63, 3.8) is 0 Å². The van der Waals surface area contributed by atoms with Crippen LogP contribution in [0.25, 0.3) is 11.1 Å². The molecular formula is C63H75BN2O. The van der Waals surface area contributed by atoms with E-state index in [1.165, 1.54) is 108 Å². The van der Waals surface area contributed by atoms with Crippen molar-refractivity contribution >= 4 is 46.1 Å². The van der Waals surface area contributed by atoms with E-state index in [-0.39, 0.29) is 51.2 Å². The van der Waals surface area contributed by atoms with E-state index >= 15 is 0 Å². The van der Waals surface area contributed by atoms with E-state index in [0.29, 0.717) is 0 Å². The van der Waals surface area contributed by atoms with E-state index in [9.17, 15) is 0 Å². The van der Waals surface area contributed by atoms with Crippen LogP contribution in [0.15, 0.2) is 109 Å². The first-order chi connectivity index (χ1) is 31.1. The number of hydrogen-bond donors (Lipinski definition) is 0. The van der Waals surface area contributed by atoms with Crippen molar-refractivity contribution in [3.8, 4) is 16.9 Å². The van der Waals surface area contributed by atoms with E-state index in [0.717, 1.165) is 5.75 Å². The van der Waals surface area contributed by atoms with Crippen molar-refractivity contribution in [2.45, 2.75) is 175 Å². The van der Waals surface area contributed by atoms with Crippen LogP contribution in [0.2, 0.25) is 0 Å². The summed E-state index contributed by atoms with van der Waals surface area (Å²) in [6, 6.07) is 43.4. The van der Waals surface area contributed by atoms with Gasteiger partial charge in [-0.1, -0.05) is 165 Å². The van der Waals surface area contributed by atoms with Gasteiger partial charge in [0.25, 0.3) is 6.71 Å². The van der Waals surface area contributed by atoms with E-state index in [4.69, 9.17) is 4.74 Å². The van der Waals surface area contributed by atoms with Gasteiger partial charge in [0, 0.05) is 33.9 Å². The monoisotopic (exact) mass is 887 g/mol. The van der Waals surface area contributed by atoms with Gasteiger partial charge in [0.2, 0.25) is 0 Å². The quantitative estimate of drug-likeness (QED) is 0.165. The second-order valence-corrected chi connectivity index (χ2v) is 26.3. The number of aryl methyl sites for hydroxylation is 1. The Bertz CT molecular complexity index is 2960. The van der Waals surface area contributed by atoms with Gasteiger partial charge in [0.1, 0.15) is 11.8 Å². The van der Waals surface area contributed by atoms with Crippen molar-refractivity contribution in [2.24, 2.45) is 0 Å². The third-order valence-corrected chi connectivity index (χ3v) is 16.2. The summed E-state index contributed by atoms with van der Waals surface area (Å²) in [6.45, 7) is 40.0. The Morgan fingerprint density at radius 3 is 1.72 bits per heavy atom. The molecule has 6 aromatic rings. The fourth-order valence-electron chi connectivity index (χ4n) is 11.8. The van der Waals surface area contributed by atoms with Gasteiger partial charge >= 0.3 is 0 Å². The molecular weight excluding hydrogens is 812 g/mol. The fourth-order valence-corrected chi connectivity index (χ4v) is 11.8. The molecule has 0 radical (unpaired) electrons. The van der Waals surface area contributed by atoms with Gasteiger partial charge in [-0.15, -0.1) is 0 Å². The standard InChI is InChI=1S/C63H75BN2O/c1-38-32-52-55-53(33-38)66(50-28-23-41(59(5,6)7)34-45(50)39-18-20-40(21-19-39)58(2,3)4)51-36-43(61(11,12)13)22-27-49(51)64(55)57-56(46-35-42(60(8,9)10)24-29-54(46)67-57)65(52)44-25-26-47-48(37-44)63(16,17)31-30-62(47,14)15/h18-29,32-37,56-57H,30-31H2,1-17H3. The first-order valence-electron chi connectivity index (χ1n) is 25.2. The molecule has 2 atom stereocenters. The number of rotatable bonds is 3. The lowest BCUT2D eigenvalue weighted by Crippen LogP contribution is -2.65. The van der Waals surface area contributed by atoms with E-state index in [1.807, 2.05) is 0 Å². The largest absolute Gasteiger partial charge is 0.495 e. The predicted octanol–water partition coefficient (Wildman–Crippen LogP) is 15.8. The lowest BCUT2D eigenvalue weighted by Gasteiger charge is -2.49. The van der Waals surface area contributed by atoms with E-state index < -0.39 is 0 Å². The topological polar surface area (TPSA) is 15.7 Å². The molecule has 0 aromatic heterocycles. The van der Waals surface area contributed by atoms with Crippen LogP contribution < -0.4 is 25.5 Å². The maximum atomic E-state index is 7.52. The smallest absolute Gasteiger partial charge is 0.267 e. The number of anilines is 5. The number of ether oxygens (including phenoxy) is 1. The second kappa shape index (κ2) is 14.9. The minimum Gasteiger partial charge on any atom is -0.495 e. The molecule has 3 heterocycles. The summed E-state index contributed by atoms with van der Waals surface area (Å²) in [6.07, 6.45) is 2.36. The molecule has 4 heteroatoms. The Kier molecular flexibility index (Phi) is 10.1. The molecule has 3 aliphatic heterocycles. The molecule has 1 aliphatic carbocycles. The minimum atomic E-state index is -0.159. The summed E-state index contributed by atoms with van der Waals surface area (Å²) >= 11 is 0. The number of benzene rings is 6. The third kappa shape index (κ3) is 7.46. The molecule has 4 aliphatic rings. The van der Waals surface area contributed by atoms with Crippen LogP contribution >= 0.6 is 0 Å². The van der Waals surface area contributed by atoms with Crippen LogP contribution in [0.1, 0.15) is 174 Å². The molecule has 0 fully saturated rings. The van der Waals surface area contributed by atoms with Crippen molar-refractivity contribution in [3.05, 3.63) is 154 Å². The molecule has 0 amide bonds. The lowest BCUT2D eigenvalue weighted by atomic mass is 9.32. The Morgan fingerprint density at radius 2 is 1.07 bits per heavy atom. The van der Waals surface area contributed by atoms with Gasteiger partial charge in [-0.2, -0.15) is 0 Å². The summed E-state index contributed by atoms with van der Waals surface area (Å²) in [5.74, 6) is 1.01. The molecule has 0 saturated carbocycles. The zero-order chi connectivity index (χ0) is 48.1. The molecule has 0 spiro atoms. The normalized spacial score (nSPS) is 19.3. The van der Waals surface area contributed by atoms with Gasteiger partial charge in [-0.3, -0.25) is 0 Å². The van der Waals surface area contributed by atoms with Crippen LogP contribution in [-0.2, 0) is 32.5 Å². The molecule has 0 saturated heterocycles. The molecule has 346 valence electrons. The first kappa shape index (κ1) is 45.6.